The van der Waals surface area contributed by atoms with Gasteiger partial charge >= 0.3 is 5.97 Å². The van der Waals surface area contributed by atoms with Gasteiger partial charge in [0.15, 0.2) is 0 Å². The molecule has 2 aromatic carbocycles. The van der Waals surface area contributed by atoms with E-state index < -0.39 is 28.4 Å². The second-order valence-corrected chi connectivity index (χ2v) is 9.78. The third kappa shape index (κ3) is 6.55. The molecule has 0 aliphatic heterocycles. The molecule has 1 amide bonds. The number of furan rings is 1. The lowest BCUT2D eigenvalue weighted by molar-refractivity contribution is -0.119. The molecule has 3 aromatic rings. The topological polar surface area (TPSA) is 118 Å². The van der Waals surface area contributed by atoms with Crippen LogP contribution in [0.15, 0.2) is 74.7 Å². The molecule has 0 aliphatic rings. The first kappa shape index (κ1) is 25.2. The minimum atomic E-state index is -3.71. The number of rotatable bonds is 9. The monoisotopic (exact) mass is 547 g/mol. The molecule has 9 nitrogen and oxygen atoms in total. The summed E-state index contributed by atoms with van der Waals surface area (Å²) in [5, 5.41) is 3.84. The van der Waals surface area contributed by atoms with E-state index in [1.807, 2.05) is 0 Å². The summed E-state index contributed by atoms with van der Waals surface area (Å²) in [5.74, 6) is -0.110. The van der Waals surface area contributed by atoms with Gasteiger partial charge in [-0.25, -0.2) is 18.6 Å². The standard InChI is InChI=1S/C23H22BrN3O6S/c1-3-32-23(29)17-10-8-16(9-11-17)21-13-12-18(33-21)14-25-26-22(28)15-27(34(2,30)31)20-7-5-4-6-19(20)24/h4-14H,3,15H2,1-2H3,(H,26,28)/b25-14+. The van der Waals surface area contributed by atoms with E-state index >= 15 is 0 Å². The van der Waals surface area contributed by atoms with Crippen molar-refractivity contribution in [2.24, 2.45) is 5.10 Å². The number of hydrazone groups is 1. The number of carbonyl (C=O) groups excluding carboxylic acids is 2. The minimum absolute atomic E-state index is 0.300. The summed E-state index contributed by atoms with van der Waals surface area (Å²) in [7, 11) is -3.71. The Morgan fingerprint density at radius 3 is 2.47 bits per heavy atom. The summed E-state index contributed by atoms with van der Waals surface area (Å²) in [4.78, 5) is 24.1. The summed E-state index contributed by atoms with van der Waals surface area (Å²) in [6.07, 6.45) is 2.32. The highest BCUT2D eigenvalue weighted by atomic mass is 79.9. The average Bonchev–Trinajstić information content (AvgIpc) is 3.26. The molecule has 1 aromatic heterocycles. The van der Waals surface area contributed by atoms with Crippen LogP contribution in [0.4, 0.5) is 5.69 Å². The summed E-state index contributed by atoms with van der Waals surface area (Å²) in [6.45, 7) is 1.59. The second-order valence-electron chi connectivity index (χ2n) is 7.01. The normalized spacial score (nSPS) is 11.4. The minimum Gasteiger partial charge on any atom is -0.462 e. The molecule has 0 aliphatic carbocycles. The van der Waals surface area contributed by atoms with Crippen LogP contribution in [0.25, 0.3) is 11.3 Å². The predicted octanol–water partition coefficient (Wildman–Crippen LogP) is 3.80. The molecule has 0 bridgehead atoms. The van der Waals surface area contributed by atoms with Crippen molar-refractivity contribution < 1.29 is 27.2 Å². The van der Waals surface area contributed by atoms with E-state index in [-0.39, 0.29) is 0 Å². The van der Waals surface area contributed by atoms with E-state index in [4.69, 9.17) is 9.15 Å². The van der Waals surface area contributed by atoms with Gasteiger partial charge in [0.05, 0.1) is 30.3 Å². The maximum absolute atomic E-state index is 12.3. The molecular weight excluding hydrogens is 526 g/mol. The first-order valence-electron chi connectivity index (χ1n) is 10.1. The van der Waals surface area contributed by atoms with E-state index in [2.05, 4.69) is 26.5 Å². The van der Waals surface area contributed by atoms with E-state index in [9.17, 15) is 18.0 Å². The molecule has 1 heterocycles. The summed E-state index contributed by atoms with van der Waals surface area (Å²) in [5.41, 5.74) is 3.82. The van der Waals surface area contributed by atoms with Crippen molar-refractivity contribution in [3.8, 4) is 11.3 Å². The molecule has 178 valence electrons. The predicted molar refractivity (Wildman–Crippen MR) is 132 cm³/mol. The fraction of sp³-hybridized carbons (Fsp3) is 0.174. The molecule has 0 atom stereocenters. The Morgan fingerprint density at radius 2 is 1.82 bits per heavy atom. The number of halogens is 1. The van der Waals surface area contributed by atoms with Gasteiger partial charge in [-0.15, -0.1) is 0 Å². The molecule has 0 fully saturated rings. The van der Waals surface area contributed by atoms with Gasteiger partial charge in [-0.05, 0) is 59.3 Å². The highest BCUT2D eigenvalue weighted by Crippen LogP contribution is 2.27. The Kier molecular flexibility index (Phi) is 8.24. The summed E-state index contributed by atoms with van der Waals surface area (Å²) < 4.78 is 36.5. The summed E-state index contributed by atoms with van der Waals surface area (Å²) in [6, 6.07) is 16.8. The van der Waals surface area contributed by atoms with Gasteiger partial charge in [-0.2, -0.15) is 5.10 Å². The van der Waals surface area contributed by atoms with Crippen LogP contribution in [0.5, 0.6) is 0 Å². The molecule has 0 spiro atoms. The number of para-hydroxylation sites is 1. The maximum atomic E-state index is 12.3. The van der Waals surface area contributed by atoms with Crippen LogP contribution in [0.3, 0.4) is 0 Å². The zero-order chi connectivity index (χ0) is 24.7. The third-order valence-electron chi connectivity index (χ3n) is 4.50. The highest BCUT2D eigenvalue weighted by Gasteiger charge is 2.22. The zero-order valence-electron chi connectivity index (χ0n) is 18.4. The van der Waals surface area contributed by atoms with Crippen molar-refractivity contribution >= 4 is 49.7 Å². The lowest BCUT2D eigenvalue weighted by Gasteiger charge is -2.22. The zero-order valence-corrected chi connectivity index (χ0v) is 20.8. The number of hydrogen-bond acceptors (Lipinski definition) is 7. The van der Waals surface area contributed by atoms with E-state index in [1.54, 1.807) is 67.6 Å². The molecule has 34 heavy (non-hydrogen) atoms. The Hall–Kier alpha value is -3.44. The SMILES string of the molecule is CCOC(=O)c1ccc(-c2ccc(/C=N/NC(=O)CN(c3ccccc3Br)S(C)(=O)=O)o2)cc1. The van der Waals surface area contributed by atoms with Gasteiger partial charge in [-0.3, -0.25) is 9.10 Å². The van der Waals surface area contributed by atoms with Crippen LogP contribution in [0.1, 0.15) is 23.0 Å². The Bertz CT molecular complexity index is 1300. The number of anilines is 1. The number of nitrogens with zero attached hydrogens (tertiary/aromatic N) is 2. The number of ether oxygens (including phenoxy) is 1. The largest absolute Gasteiger partial charge is 0.462 e. The Balaban J connectivity index is 1.63. The molecule has 11 heteroatoms. The number of hydrogen-bond donors (Lipinski definition) is 1. The molecule has 0 saturated carbocycles. The van der Waals surface area contributed by atoms with Crippen molar-refractivity contribution in [2.75, 3.05) is 23.7 Å². The molecule has 0 saturated heterocycles. The maximum Gasteiger partial charge on any atom is 0.338 e. The quantitative estimate of drug-likeness (QED) is 0.247. The fourth-order valence-corrected chi connectivity index (χ4v) is 4.42. The van der Waals surface area contributed by atoms with E-state index in [0.29, 0.717) is 33.9 Å². The number of carbonyl (C=O) groups is 2. The third-order valence-corrected chi connectivity index (χ3v) is 6.29. The van der Waals surface area contributed by atoms with Crippen LogP contribution < -0.4 is 9.73 Å². The number of sulfonamides is 1. The van der Waals surface area contributed by atoms with Gasteiger partial charge in [0.2, 0.25) is 10.0 Å². The van der Waals surface area contributed by atoms with Crippen LogP contribution in [-0.2, 0) is 19.6 Å². The van der Waals surface area contributed by atoms with Gasteiger partial charge in [-0.1, -0.05) is 24.3 Å². The van der Waals surface area contributed by atoms with Crippen LogP contribution >= 0.6 is 15.9 Å². The van der Waals surface area contributed by atoms with Gasteiger partial charge in [0.1, 0.15) is 18.1 Å². The highest BCUT2D eigenvalue weighted by molar-refractivity contribution is 9.10. The molecule has 3 rings (SSSR count). The number of benzene rings is 2. The van der Waals surface area contributed by atoms with Crippen molar-refractivity contribution in [1.82, 2.24) is 5.43 Å². The van der Waals surface area contributed by atoms with Gasteiger partial charge in [0, 0.05) is 10.0 Å². The van der Waals surface area contributed by atoms with E-state index in [1.165, 1.54) is 6.21 Å². The lowest BCUT2D eigenvalue weighted by atomic mass is 10.1. The van der Waals surface area contributed by atoms with E-state index in [0.717, 1.165) is 16.1 Å². The first-order valence-corrected chi connectivity index (χ1v) is 12.7. The van der Waals surface area contributed by atoms with Crippen molar-refractivity contribution in [2.45, 2.75) is 6.92 Å². The van der Waals surface area contributed by atoms with Crippen molar-refractivity contribution in [3.05, 3.63) is 76.5 Å². The smallest absolute Gasteiger partial charge is 0.338 e. The number of esters is 1. The van der Waals surface area contributed by atoms with Gasteiger partial charge < -0.3 is 9.15 Å². The van der Waals surface area contributed by atoms with Crippen LogP contribution in [0, 0.1) is 0 Å². The lowest BCUT2D eigenvalue weighted by Crippen LogP contribution is -2.39. The molecule has 0 radical (unpaired) electrons. The van der Waals surface area contributed by atoms with Crippen LogP contribution in [-0.4, -0.2) is 45.9 Å². The Labute approximate surface area is 205 Å². The average molecular weight is 548 g/mol. The molecule has 1 N–H and O–H groups in total. The van der Waals surface area contributed by atoms with Crippen molar-refractivity contribution in [3.63, 3.8) is 0 Å². The number of amides is 1. The number of nitrogens with one attached hydrogen (secondary N) is 1. The second kappa shape index (κ2) is 11.1. The van der Waals surface area contributed by atoms with Gasteiger partial charge in [0.25, 0.3) is 5.91 Å². The first-order chi connectivity index (χ1) is 16.2. The van der Waals surface area contributed by atoms with Crippen LogP contribution in [0.2, 0.25) is 0 Å². The summed E-state index contributed by atoms with van der Waals surface area (Å²) >= 11 is 3.30. The molecular formula is C23H22BrN3O6S. The fourth-order valence-electron chi connectivity index (χ4n) is 2.93. The Morgan fingerprint density at radius 1 is 1.12 bits per heavy atom. The molecule has 0 unspecified atom stereocenters. The van der Waals surface area contributed by atoms with Crippen molar-refractivity contribution in [1.29, 1.82) is 0 Å².